The van der Waals surface area contributed by atoms with Gasteiger partial charge in [0.25, 0.3) is 5.91 Å². The van der Waals surface area contributed by atoms with Gasteiger partial charge in [0.1, 0.15) is 0 Å². The van der Waals surface area contributed by atoms with Gasteiger partial charge in [0.2, 0.25) is 0 Å². The number of carbonyl (C=O) groups excluding carboxylic acids is 2. The largest absolute Gasteiger partial charge is 0.336 e. The average molecular weight is 359 g/mol. The smallest absolute Gasteiger partial charge is 0.322 e. The van der Waals surface area contributed by atoms with Crippen LogP contribution in [0.25, 0.3) is 0 Å². The third-order valence-electron chi connectivity index (χ3n) is 4.10. The van der Waals surface area contributed by atoms with Crippen LogP contribution in [-0.2, 0) is 0 Å². The fourth-order valence-corrected chi connectivity index (χ4v) is 3.08. The second kappa shape index (κ2) is 7.38. The Labute approximate surface area is 146 Å². The van der Waals surface area contributed by atoms with Crippen molar-refractivity contribution in [2.45, 2.75) is 13.0 Å². The number of rotatable bonds is 2. The lowest BCUT2D eigenvalue weighted by molar-refractivity contribution is 0.0656. The maximum atomic E-state index is 12.7. The molecule has 126 valence electrons. The molecule has 2 N–H and O–H groups in total. The summed E-state index contributed by atoms with van der Waals surface area (Å²) in [6, 6.07) is 5.08. The van der Waals surface area contributed by atoms with E-state index in [1.165, 1.54) is 0 Å². The lowest BCUT2D eigenvalue weighted by atomic mass is 10.1. The Morgan fingerprint density at radius 3 is 2.74 bits per heavy atom. The van der Waals surface area contributed by atoms with Crippen LogP contribution in [-0.4, -0.2) is 55.6 Å². The van der Waals surface area contributed by atoms with Crippen molar-refractivity contribution < 1.29 is 9.59 Å². The molecule has 1 atom stereocenters. The van der Waals surface area contributed by atoms with Crippen molar-refractivity contribution in [3.63, 3.8) is 0 Å². The number of amides is 3. The van der Waals surface area contributed by atoms with Crippen molar-refractivity contribution in [1.82, 2.24) is 15.5 Å². The first kappa shape index (κ1) is 17.8. The van der Waals surface area contributed by atoms with Crippen molar-refractivity contribution in [2.75, 3.05) is 37.6 Å². The van der Waals surface area contributed by atoms with Crippen molar-refractivity contribution in [1.29, 1.82) is 0 Å². The zero-order valence-electron chi connectivity index (χ0n) is 12.8. The van der Waals surface area contributed by atoms with Crippen molar-refractivity contribution in [3.8, 4) is 0 Å². The molecule has 0 aromatic heterocycles. The Bertz CT molecular complexity index is 611. The molecule has 0 spiro atoms. The van der Waals surface area contributed by atoms with E-state index < -0.39 is 0 Å². The summed E-state index contributed by atoms with van der Waals surface area (Å²) in [5, 5.41) is 6.48. The molecule has 2 saturated heterocycles. The Morgan fingerprint density at radius 1 is 1.30 bits per heavy atom. The minimum absolute atomic E-state index is 0. The van der Waals surface area contributed by atoms with E-state index in [4.69, 9.17) is 11.6 Å². The molecule has 0 bridgehead atoms. The number of hydrogen-bond acceptors (Lipinski definition) is 3. The number of piperazine rings is 1. The van der Waals surface area contributed by atoms with E-state index in [1.807, 2.05) is 11.8 Å². The zero-order chi connectivity index (χ0) is 15.7. The van der Waals surface area contributed by atoms with Crippen molar-refractivity contribution >= 4 is 41.6 Å². The number of nitrogens with zero attached hydrogens (tertiary/aromatic N) is 2. The van der Waals surface area contributed by atoms with E-state index in [1.54, 1.807) is 23.1 Å². The van der Waals surface area contributed by atoms with Crippen LogP contribution in [0.1, 0.15) is 17.3 Å². The topological polar surface area (TPSA) is 64.7 Å². The Balaban J connectivity index is 0.00000192. The van der Waals surface area contributed by atoms with Crippen LogP contribution in [0.4, 0.5) is 10.5 Å². The van der Waals surface area contributed by atoms with E-state index in [2.05, 4.69) is 10.6 Å². The molecule has 0 unspecified atom stereocenters. The number of halogens is 2. The third-order valence-corrected chi connectivity index (χ3v) is 4.42. The van der Waals surface area contributed by atoms with Gasteiger partial charge in [-0.25, -0.2) is 4.79 Å². The fourth-order valence-electron chi connectivity index (χ4n) is 2.86. The van der Waals surface area contributed by atoms with Gasteiger partial charge in [-0.2, -0.15) is 0 Å². The summed E-state index contributed by atoms with van der Waals surface area (Å²) in [5.41, 5.74) is 1.15. The fraction of sp³-hybridized carbons (Fsp3) is 0.467. The number of hydrogen-bond donors (Lipinski definition) is 2. The normalized spacial score (nSPS) is 21.0. The Hall–Kier alpha value is -1.50. The molecule has 2 aliphatic rings. The molecule has 1 aromatic carbocycles. The first-order valence-corrected chi connectivity index (χ1v) is 7.82. The number of benzene rings is 1. The molecule has 0 saturated carbocycles. The first-order chi connectivity index (χ1) is 10.6. The number of anilines is 1. The van der Waals surface area contributed by atoms with E-state index in [0.717, 1.165) is 13.1 Å². The standard InChI is InChI=1S/C15H19ClN4O2.ClH/c1-10-9-17-4-6-19(10)14(21)11-2-3-12(16)13(8-11)20-7-5-18-15(20)22;/h2-3,8,10,17H,4-7,9H2,1H3,(H,18,22);1H/t10-;/m1./s1. The number of urea groups is 1. The summed E-state index contributed by atoms with van der Waals surface area (Å²) in [4.78, 5) is 27.9. The van der Waals surface area contributed by atoms with Crippen LogP contribution in [0.15, 0.2) is 18.2 Å². The van der Waals surface area contributed by atoms with E-state index in [0.29, 0.717) is 35.9 Å². The lowest BCUT2D eigenvalue weighted by Crippen LogP contribution is -2.52. The highest BCUT2D eigenvalue weighted by molar-refractivity contribution is 6.34. The summed E-state index contributed by atoms with van der Waals surface area (Å²) in [6.07, 6.45) is 0. The minimum atomic E-state index is -0.179. The average Bonchev–Trinajstić information content (AvgIpc) is 2.93. The SMILES string of the molecule is C[C@@H]1CNCCN1C(=O)c1ccc(Cl)c(N2CCNC2=O)c1.Cl. The van der Waals surface area contributed by atoms with E-state index in [9.17, 15) is 9.59 Å². The second-order valence-corrected chi connectivity index (χ2v) is 6.01. The summed E-state index contributed by atoms with van der Waals surface area (Å²) < 4.78 is 0. The van der Waals surface area contributed by atoms with Crippen LogP contribution in [0.2, 0.25) is 5.02 Å². The molecule has 23 heavy (non-hydrogen) atoms. The number of carbonyl (C=O) groups is 2. The monoisotopic (exact) mass is 358 g/mol. The van der Waals surface area contributed by atoms with Crippen LogP contribution in [0.3, 0.4) is 0 Å². The molecule has 3 amide bonds. The molecule has 2 fully saturated rings. The highest BCUT2D eigenvalue weighted by Gasteiger charge is 2.27. The zero-order valence-corrected chi connectivity index (χ0v) is 14.4. The first-order valence-electron chi connectivity index (χ1n) is 7.44. The van der Waals surface area contributed by atoms with Gasteiger partial charge < -0.3 is 15.5 Å². The van der Waals surface area contributed by atoms with Gasteiger partial charge in [0, 0.05) is 44.3 Å². The summed E-state index contributed by atoms with van der Waals surface area (Å²) in [7, 11) is 0. The molecule has 0 radical (unpaired) electrons. The van der Waals surface area contributed by atoms with Gasteiger partial charge in [-0.1, -0.05) is 11.6 Å². The summed E-state index contributed by atoms with van der Waals surface area (Å²) >= 11 is 6.20. The highest BCUT2D eigenvalue weighted by atomic mass is 35.5. The van der Waals surface area contributed by atoms with Gasteiger partial charge in [-0.05, 0) is 25.1 Å². The molecule has 2 heterocycles. The van der Waals surface area contributed by atoms with Crippen LogP contribution < -0.4 is 15.5 Å². The molecule has 1 aromatic rings. The van der Waals surface area contributed by atoms with Gasteiger partial charge >= 0.3 is 6.03 Å². The maximum absolute atomic E-state index is 12.7. The summed E-state index contributed by atoms with van der Waals surface area (Å²) in [5.74, 6) is -0.0217. The molecule has 8 heteroatoms. The molecule has 6 nitrogen and oxygen atoms in total. The predicted molar refractivity (Wildman–Crippen MR) is 92.8 cm³/mol. The number of nitrogens with one attached hydrogen (secondary N) is 2. The lowest BCUT2D eigenvalue weighted by Gasteiger charge is -2.34. The van der Waals surface area contributed by atoms with Crippen molar-refractivity contribution in [2.24, 2.45) is 0 Å². The highest BCUT2D eigenvalue weighted by Crippen LogP contribution is 2.29. The minimum Gasteiger partial charge on any atom is -0.336 e. The summed E-state index contributed by atoms with van der Waals surface area (Å²) in [6.45, 7) is 5.44. The Kier molecular flexibility index (Phi) is 5.73. The molecular weight excluding hydrogens is 339 g/mol. The molecule has 3 rings (SSSR count). The van der Waals surface area contributed by atoms with E-state index in [-0.39, 0.29) is 30.4 Å². The third kappa shape index (κ3) is 3.54. The molecular formula is C15H20Cl2N4O2. The molecule has 2 aliphatic heterocycles. The quantitative estimate of drug-likeness (QED) is 0.845. The predicted octanol–water partition coefficient (Wildman–Crippen LogP) is 1.73. The Morgan fingerprint density at radius 2 is 2.09 bits per heavy atom. The van der Waals surface area contributed by atoms with Crippen molar-refractivity contribution in [3.05, 3.63) is 28.8 Å². The van der Waals surface area contributed by atoms with Gasteiger partial charge in [0.15, 0.2) is 0 Å². The van der Waals surface area contributed by atoms with Crippen LogP contribution in [0.5, 0.6) is 0 Å². The maximum Gasteiger partial charge on any atom is 0.322 e. The molecule has 0 aliphatic carbocycles. The second-order valence-electron chi connectivity index (χ2n) is 5.60. The van der Waals surface area contributed by atoms with Crippen LogP contribution >= 0.6 is 24.0 Å². The van der Waals surface area contributed by atoms with Gasteiger partial charge in [-0.15, -0.1) is 12.4 Å². The van der Waals surface area contributed by atoms with Gasteiger partial charge in [-0.3, -0.25) is 9.69 Å². The van der Waals surface area contributed by atoms with Crippen LogP contribution in [0, 0.1) is 0 Å². The van der Waals surface area contributed by atoms with E-state index >= 15 is 0 Å². The van der Waals surface area contributed by atoms with Gasteiger partial charge in [0.05, 0.1) is 10.7 Å².